The monoisotopic (exact) mass is 372 g/mol. The summed E-state index contributed by atoms with van der Waals surface area (Å²) < 4.78 is 38.0. The maximum absolute atomic E-state index is 12.3. The Labute approximate surface area is 152 Å². The number of nitrogens with zero attached hydrogens (tertiary/aromatic N) is 1. The van der Waals surface area contributed by atoms with Gasteiger partial charge in [0.25, 0.3) is 0 Å². The third kappa shape index (κ3) is 4.19. The Bertz CT molecular complexity index is 951. The van der Waals surface area contributed by atoms with Crippen LogP contribution < -0.4 is 4.72 Å². The van der Waals surface area contributed by atoms with Crippen molar-refractivity contribution in [3.05, 3.63) is 60.8 Å². The van der Waals surface area contributed by atoms with Crippen LogP contribution in [0.3, 0.4) is 0 Å². The summed E-state index contributed by atoms with van der Waals surface area (Å²) >= 11 is 0. The van der Waals surface area contributed by atoms with Crippen LogP contribution in [0.25, 0.3) is 22.8 Å². The predicted octanol–water partition coefficient (Wildman–Crippen LogP) is 3.32. The maximum Gasteiger partial charge on any atom is 0.240 e. The first-order valence-electron chi connectivity index (χ1n) is 8.12. The van der Waals surface area contributed by atoms with E-state index in [1.54, 1.807) is 25.3 Å². The molecule has 0 radical (unpaired) electrons. The number of aromatic nitrogens is 1. The van der Waals surface area contributed by atoms with E-state index in [2.05, 4.69) is 9.71 Å². The van der Waals surface area contributed by atoms with Gasteiger partial charge >= 0.3 is 0 Å². The Hall–Kier alpha value is -2.48. The Morgan fingerprint density at radius 2 is 1.77 bits per heavy atom. The molecule has 0 saturated heterocycles. The van der Waals surface area contributed by atoms with E-state index >= 15 is 0 Å². The SMILES string of the molecule is COCC(C)NS(=O)(=O)c1ccc(-c2ncc(-c3ccccc3)o2)cc1. The minimum absolute atomic E-state index is 0.180. The lowest BCUT2D eigenvalue weighted by atomic mass is 10.2. The molecule has 3 aromatic rings. The zero-order chi connectivity index (χ0) is 18.6. The average molecular weight is 372 g/mol. The second kappa shape index (κ2) is 7.82. The molecule has 0 aliphatic rings. The Morgan fingerprint density at radius 1 is 1.08 bits per heavy atom. The number of hydrogen-bond donors (Lipinski definition) is 1. The summed E-state index contributed by atoms with van der Waals surface area (Å²) in [5.41, 5.74) is 1.64. The first-order chi connectivity index (χ1) is 12.5. The van der Waals surface area contributed by atoms with Crippen molar-refractivity contribution >= 4 is 10.0 Å². The summed E-state index contributed by atoms with van der Waals surface area (Å²) in [6.45, 7) is 2.04. The molecule has 7 heteroatoms. The average Bonchev–Trinajstić information content (AvgIpc) is 3.12. The Morgan fingerprint density at radius 3 is 2.42 bits per heavy atom. The third-order valence-electron chi connectivity index (χ3n) is 3.75. The molecule has 136 valence electrons. The van der Waals surface area contributed by atoms with Crippen LogP contribution in [-0.2, 0) is 14.8 Å². The molecule has 6 nitrogen and oxygen atoms in total. The number of oxazole rings is 1. The molecule has 1 atom stereocenters. The quantitative estimate of drug-likeness (QED) is 0.688. The van der Waals surface area contributed by atoms with Crippen LogP contribution in [-0.4, -0.2) is 33.2 Å². The van der Waals surface area contributed by atoms with Gasteiger partial charge in [0.2, 0.25) is 15.9 Å². The summed E-state index contributed by atoms with van der Waals surface area (Å²) in [5.74, 6) is 1.10. The van der Waals surface area contributed by atoms with Gasteiger partial charge in [-0.15, -0.1) is 0 Å². The van der Waals surface area contributed by atoms with Crippen molar-refractivity contribution in [2.45, 2.75) is 17.9 Å². The Kier molecular flexibility index (Phi) is 5.51. The van der Waals surface area contributed by atoms with Crippen LogP contribution in [0.5, 0.6) is 0 Å². The fraction of sp³-hybridized carbons (Fsp3) is 0.211. The van der Waals surface area contributed by atoms with Gasteiger partial charge < -0.3 is 9.15 Å². The van der Waals surface area contributed by atoms with Crippen molar-refractivity contribution in [3.8, 4) is 22.8 Å². The number of sulfonamides is 1. The fourth-order valence-corrected chi connectivity index (χ4v) is 3.77. The lowest BCUT2D eigenvalue weighted by molar-refractivity contribution is 0.180. The van der Waals surface area contributed by atoms with Crippen molar-refractivity contribution in [1.29, 1.82) is 0 Å². The number of benzene rings is 2. The van der Waals surface area contributed by atoms with Gasteiger partial charge in [0, 0.05) is 24.3 Å². The highest BCUT2D eigenvalue weighted by atomic mass is 32.2. The molecule has 0 fully saturated rings. The first-order valence-corrected chi connectivity index (χ1v) is 9.61. The summed E-state index contributed by atoms with van der Waals surface area (Å²) in [7, 11) is -2.07. The highest BCUT2D eigenvalue weighted by Crippen LogP contribution is 2.26. The summed E-state index contributed by atoms with van der Waals surface area (Å²) in [4.78, 5) is 4.46. The lowest BCUT2D eigenvalue weighted by Gasteiger charge is -2.13. The number of methoxy groups -OCH3 is 1. The number of hydrogen-bond acceptors (Lipinski definition) is 5. The van der Waals surface area contributed by atoms with E-state index in [0.717, 1.165) is 5.56 Å². The smallest absolute Gasteiger partial charge is 0.240 e. The molecule has 2 aromatic carbocycles. The van der Waals surface area contributed by atoms with Crippen LogP contribution in [0.2, 0.25) is 0 Å². The van der Waals surface area contributed by atoms with E-state index in [1.165, 1.54) is 19.2 Å². The summed E-state index contributed by atoms with van der Waals surface area (Å²) in [6.07, 6.45) is 1.66. The van der Waals surface area contributed by atoms with Crippen LogP contribution in [0, 0.1) is 0 Å². The highest BCUT2D eigenvalue weighted by molar-refractivity contribution is 7.89. The normalized spacial score (nSPS) is 12.8. The zero-order valence-corrected chi connectivity index (χ0v) is 15.4. The van der Waals surface area contributed by atoms with E-state index in [1.807, 2.05) is 30.3 Å². The minimum Gasteiger partial charge on any atom is -0.436 e. The van der Waals surface area contributed by atoms with E-state index < -0.39 is 10.0 Å². The van der Waals surface area contributed by atoms with Gasteiger partial charge in [0.15, 0.2) is 5.76 Å². The summed E-state index contributed by atoms with van der Waals surface area (Å²) in [5, 5.41) is 0. The Balaban J connectivity index is 1.79. The molecule has 1 aromatic heterocycles. The van der Waals surface area contributed by atoms with Gasteiger partial charge in [-0.25, -0.2) is 18.1 Å². The highest BCUT2D eigenvalue weighted by Gasteiger charge is 2.18. The van der Waals surface area contributed by atoms with E-state index in [0.29, 0.717) is 23.8 Å². The van der Waals surface area contributed by atoms with Gasteiger partial charge in [-0.05, 0) is 31.2 Å². The zero-order valence-electron chi connectivity index (χ0n) is 14.5. The van der Waals surface area contributed by atoms with Crippen molar-refractivity contribution < 1.29 is 17.6 Å². The molecule has 0 saturated carbocycles. The van der Waals surface area contributed by atoms with Crippen molar-refractivity contribution in [2.75, 3.05) is 13.7 Å². The third-order valence-corrected chi connectivity index (χ3v) is 5.35. The van der Waals surface area contributed by atoms with Crippen LogP contribution in [0.15, 0.2) is 70.1 Å². The first kappa shape index (κ1) is 18.3. The van der Waals surface area contributed by atoms with Crippen molar-refractivity contribution in [1.82, 2.24) is 9.71 Å². The van der Waals surface area contributed by atoms with Crippen LogP contribution in [0.1, 0.15) is 6.92 Å². The molecule has 1 N–H and O–H groups in total. The number of ether oxygens (including phenoxy) is 1. The molecule has 26 heavy (non-hydrogen) atoms. The molecule has 0 spiro atoms. The van der Waals surface area contributed by atoms with Gasteiger partial charge in [-0.2, -0.15) is 0 Å². The molecule has 1 heterocycles. The topological polar surface area (TPSA) is 81.4 Å². The van der Waals surface area contributed by atoms with E-state index in [4.69, 9.17) is 9.15 Å². The molecule has 0 amide bonds. The molecule has 1 unspecified atom stereocenters. The van der Waals surface area contributed by atoms with E-state index in [-0.39, 0.29) is 10.9 Å². The predicted molar refractivity (Wildman–Crippen MR) is 99.0 cm³/mol. The van der Waals surface area contributed by atoms with Crippen molar-refractivity contribution in [2.24, 2.45) is 0 Å². The van der Waals surface area contributed by atoms with Gasteiger partial charge in [-0.3, -0.25) is 0 Å². The van der Waals surface area contributed by atoms with Gasteiger partial charge in [0.05, 0.1) is 17.7 Å². The second-order valence-corrected chi connectivity index (χ2v) is 7.61. The fourth-order valence-electron chi connectivity index (χ4n) is 2.54. The standard InChI is InChI=1S/C19H20N2O4S/c1-14(13-24-2)21-26(22,23)17-10-8-16(9-11-17)19-20-12-18(25-19)15-6-4-3-5-7-15/h3-12,14,21H,13H2,1-2H3. The molecule has 0 aliphatic heterocycles. The van der Waals surface area contributed by atoms with Crippen molar-refractivity contribution in [3.63, 3.8) is 0 Å². The van der Waals surface area contributed by atoms with Gasteiger partial charge in [-0.1, -0.05) is 30.3 Å². The number of nitrogens with one attached hydrogen (secondary N) is 1. The molecule has 0 aliphatic carbocycles. The summed E-state index contributed by atoms with van der Waals surface area (Å²) in [6, 6.07) is 15.8. The lowest BCUT2D eigenvalue weighted by Crippen LogP contribution is -2.35. The van der Waals surface area contributed by atoms with Crippen LogP contribution in [0.4, 0.5) is 0 Å². The molecule has 0 bridgehead atoms. The second-order valence-electron chi connectivity index (χ2n) is 5.90. The maximum atomic E-state index is 12.3. The molecular weight excluding hydrogens is 352 g/mol. The minimum atomic E-state index is -3.60. The molecule has 3 rings (SSSR count). The molecular formula is C19H20N2O4S. The number of rotatable bonds is 7. The van der Waals surface area contributed by atoms with E-state index in [9.17, 15) is 8.42 Å². The van der Waals surface area contributed by atoms with Gasteiger partial charge in [0.1, 0.15) is 0 Å². The largest absolute Gasteiger partial charge is 0.436 e. The van der Waals surface area contributed by atoms with Crippen LogP contribution >= 0.6 is 0 Å².